The third kappa shape index (κ3) is 6.56. The fourth-order valence-electron chi connectivity index (χ4n) is 2.74. The van der Waals surface area contributed by atoms with E-state index in [0.717, 1.165) is 5.56 Å². The monoisotopic (exact) mass is 420 g/mol. The highest BCUT2D eigenvalue weighted by Gasteiger charge is 2.11. The summed E-state index contributed by atoms with van der Waals surface area (Å²) in [5.41, 5.74) is 1.60. The molecule has 0 saturated heterocycles. The number of sulfone groups is 1. The van der Waals surface area contributed by atoms with Crippen molar-refractivity contribution in [2.24, 2.45) is 4.99 Å². The van der Waals surface area contributed by atoms with Crippen molar-refractivity contribution in [2.45, 2.75) is 18.4 Å². The third-order valence-electron chi connectivity index (χ3n) is 4.14. The van der Waals surface area contributed by atoms with Gasteiger partial charge in [-0.1, -0.05) is 24.3 Å². The van der Waals surface area contributed by atoms with Crippen molar-refractivity contribution in [3.63, 3.8) is 0 Å². The average molecular weight is 421 g/mol. The topological polar surface area (TPSA) is 99.7 Å². The van der Waals surface area contributed by atoms with Crippen LogP contribution < -0.4 is 16.0 Å². The van der Waals surface area contributed by atoms with Gasteiger partial charge < -0.3 is 16.0 Å². The van der Waals surface area contributed by atoms with Crippen LogP contribution in [-0.2, 0) is 16.4 Å². The summed E-state index contributed by atoms with van der Waals surface area (Å²) in [7, 11) is -1.63. The summed E-state index contributed by atoms with van der Waals surface area (Å²) in [6.07, 6.45) is 1.18. The number of hydrogen-bond donors (Lipinski definition) is 3. The molecule has 2 aromatic rings. The van der Waals surface area contributed by atoms with E-state index in [1.165, 1.54) is 24.5 Å². The molecule has 0 aliphatic heterocycles. The minimum absolute atomic E-state index is 0.00270. The molecule has 0 bridgehead atoms. The standard InChI is InChI=1S/C20H25FN4O3S/c1-14-12-15(8-9-18(14)29(3,27)28)13-25-20(22-2)24-11-10-23-19(26)16-6-4-5-7-17(16)21/h4-9,12H,10-11,13H2,1-3H3,(H,23,26)(H2,22,24,25). The SMILES string of the molecule is CN=C(NCCNC(=O)c1ccccc1F)NCc1ccc(S(C)(=O)=O)c(C)c1. The largest absolute Gasteiger partial charge is 0.355 e. The van der Waals surface area contributed by atoms with Gasteiger partial charge in [-0.15, -0.1) is 0 Å². The van der Waals surface area contributed by atoms with Gasteiger partial charge in [-0.05, 0) is 36.2 Å². The Balaban J connectivity index is 1.80. The zero-order valence-corrected chi connectivity index (χ0v) is 17.4. The molecule has 0 saturated carbocycles. The summed E-state index contributed by atoms with van der Waals surface area (Å²) in [5, 5.41) is 8.80. The highest BCUT2D eigenvalue weighted by Crippen LogP contribution is 2.16. The molecule has 0 heterocycles. The number of nitrogens with zero attached hydrogens (tertiary/aromatic N) is 1. The molecule has 0 radical (unpaired) electrons. The predicted molar refractivity (Wildman–Crippen MR) is 111 cm³/mol. The van der Waals surface area contributed by atoms with E-state index in [-0.39, 0.29) is 12.1 Å². The minimum atomic E-state index is -3.25. The Morgan fingerprint density at radius 2 is 1.76 bits per heavy atom. The van der Waals surface area contributed by atoms with Crippen LogP contribution in [0.5, 0.6) is 0 Å². The number of nitrogens with one attached hydrogen (secondary N) is 3. The maximum atomic E-state index is 13.6. The molecule has 0 aromatic heterocycles. The smallest absolute Gasteiger partial charge is 0.254 e. The maximum Gasteiger partial charge on any atom is 0.254 e. The number of guanidine groups is 1. The summed E-state index contributed by atoms with van der Waals surface area (Å²) in [5.74, 6) is -0.517. The lowest BCUT2D eigenvalue weighted by atomic mass is 10.1. The highest BCUT2D eigenvalue weighted by atomic mass is 32.2. The van der Waals surface area contributed by atoms with Gasteiger partial charge in [0.25, 0.3) is 5.91 Å². The molecule has 2 rings (SSSR count). The van der Waals surface area contributed by atoms with Crippen LogP contribution >= 0.6 is 0 Å². The minimum Gasteiger partial charge on any atom is -0.355 e. The lowest BCUT2D eigenvalue weighted by Crippen LogP contribution is -2.41. The van der Waals surface area contributed by atoms with Crippen LogP contribution in [0.15, 0.2) is 52.4 Å². The predicted octanol–water partition coefficient (Wildman–Crippen LogP) is 1.63. The summed E-state index contributed by atoms with van der Waals surface area (Å²) in [6.45, 7) is 2.89. The van der Waals surface area contributed by atoms with E-state index < -0.39 is 21.6 Å². The van der Waals surface area contributed by atoms with Crippen molar-refractivity contribution in [3.05, 3.63) is 65.0 Å². The Labute approximate surface area is 170 Å². The van der Waals surface area contributed by atoms with E-state index in [0.29, 0.717) is 29.5 Å². The van der Waals surface area contributed by atoms with Crippen LogP contribution in [0.2, 0.25) is 0 Å². The van der Waals surface area contributed by atoms with Crippen LogP contribution in [0.3, 0.4) is 0 Å². The molecule has 0 unspecified atom stereocenters. The second-order valence-corrected chi connectivity index (χ2v) is 8.44. The van der Waals surface area contributed by atoms with Gasteiger partial charge in [0, 0.05) is 32.9 Å². The lowest BCUT2D eigenvalue weighted by Gasteiger charge is -2.13. The quantitative estimate of drug-likeness (QED) is 0.359. The van der Waals surface area contributed by atoms with Crippen molar-refractivity contribution >= 4 is 21.7 Å². The second-order valence-electron chi connectivity index (χ2n) is 6.46. The number of hydrogen-bond acceptors (Lipinski definition) is 4. The van der Waals surface area contributed by atoms with Gasteiger partial charge in [0.05, 0.1) is 10.5 Å². The molecule has 0 aliphatic rings. The van der Waals surface area contributed by atoms with Gasteiger partial charge in [-0.25, -0.2) is 12.8 Å². The molecule has 0 atom stereocenters. The van der Waals surface area contributed by atoms with Gasteiger partial charge in [-0.3, -0.25) is 9.79 Å². The third-order valence-corrected chi connectivity index (χ3v) is 5.40. The summed E-state index contributed by atoms with van der Waals surface area (Å²) >= 11 is 0. The molecule has 3 N–H and O–H groups in total. The van der Waals surface area contributed by atoms with E-state index in [1.807, 2.05) is 6.07 Å². The molecule has 0 aliphatic carbocycles. The van der Waals surface area contributed by atoms with Gasteiger partial charge >= 0.3 is 0 Å². The van der Waals surface area contributed by atoms with Crippen LogP contribution in [-0.4, -0.2) is 46.7 Å². The fraction of sp³-hybridized carbons (Fsp3) is 0.300. The van der Waals surface area contributed by atoms with Gasteiger partial charge in [-0.2, -0.15) is 0 Å². The highest BCUT2D eigenvalue weighted by molar-refractivity contribution is 7.90. The number of aliphatic imine (C=N–C) groups is 1. The molecular formula is C20H25FN4O3S. The normalized spacial score (nSPS) is 11.8. The van der Waals surface area contributed by atoms with Crippen LogP contribution in [0, 0.1) is 12.7 Å². The van der Waals surface area contributed by atoms with Crippen LogP contribution in [0.1, 0.15) is 21.5 Å². The zero-order chi connectivity index (χ0) is 21.4. The van der Waals surface area contributed by atoms with Crippen LogP contribution in [0.25, 0.3) is 0 Å². The number of aryl methyl sites for hydroxylation is 1. The van der Waals surface area contributed by atoms with Gasteiger partial charge in [0.2, 0.25) is 0 Å². The second kappa shape index (κ2) is 10.0. The molecule has 1 amide bonds. The Morgan fingerprint density at radius 1 is 1.07 bits per heavy atom. The first-order valence-electron chi connectivity index (χ1n) is 8.99. The first-order valence-corrected chi connectivity index (χ1v) is 10.9. The van der Waals surface area contributed by atoms with Crippen molar-refractivity contribution in [2.75, 3.05) is 26.4 Å². The zero-order valence-electron chi connectivity index (χ0n) is 16.6. The van der Waals surface area contributed by atoms with E-state index in [2.05, 4.69) is 20.9 Å². The van der Waals surface area contributed by atoms with Gasteiger partial charge in [0.15, 0.2) is 15.8 Å². The average Bonchev–Trinajstić information content (AvgIpc) is 2.66. The van der Waals surface area contributed by atoms with Crippen LogP contribution in [0.4, 0.5) is 4.39 Å². The van der Waals surface area contributed by atoms with E-state index >= 15 is 0 Å². The number of amides is 1. The molecule has 0 fully saturated rings. The molecule has 0 spiro atoms. The van der Waals surface area contributed by atoms with E-state index in [4.69, 9.17) is 0 Å². The van der Waals surface area contributed by atoms with Crippen molar-refractivity contribution in [3.8, 4) is 0 Å². The number of carbonyl (C=O) groups excluding carboxylic acids is 1. The van der Waals surface area contributed by atoms with E-state index in [9.17, 15) is 17.6 Å². The Morgan fingerprint density at radius 3 is 2.38 bits per heavy atom. The summed E-state index contributed by atoms with van der Waals surface area (Å²) in [6, 6.07) is 10.9. The maximum absolute atomic E-state index is 13.6. The Hall–Kier alpha value is -2.94. The fourth-order valence-corrected chi connectivity index (χ4v) is 3.70. The summed E-state index contributed by atoms with van der Waals surface area (Å²) in [4.78, 5) is 16.4. The van der Waals surface area contributed by atoms with Gasteiger partial charge in [0.1, 0.15) is 5.82 Å². The van der Waals surface area contributed by atoms with Crippen molar-refractivity contribution < 1.29 is 17.6 Å². The van der Waals surface area contributed by atoms with E-state index in [1.54, 1.807) is 32.2 Å². The summed E-state index contributed by atoms with van der Waals surface area (Å²) < 4.78 is 36.9. The number of benzene rings is 2. The first-order chi connectivity index (χ1) is 13.7. The first kappa shape index (κ1) is 22.4. The molecule has 156 valence electrons. The lowest BCUT2D eigenvalue weighted by molar-refractivity contribution is 0.0950. The number of halogens is 1. The molecule has 9 heteroatoms. The molecular weight excluding hydrogens is 395 g/mol. The number of carbonyl (C=O) groups is 1. The Kier molecular flexibility index (Phi) is 7.72. The molecule has 7 nitrogen and oxygen atoms in total. The number of rotatable bonds is 7. The molecule has 29 heavy (non-hydrogen) atoms. The van der Waals surface area contributed by atoms with Crippen molar-refractivity contribution in [1.82, 2.24) is 16.0 Å². The van der Waals surface area contributed by atoms with Crippen molar-refractivity contribution in [1.29, 1.82) is 0 Å². The Bertz CT molecular complexity index is 1010. The molecule has 2 aromatic carbocycles.